The van der Waals surface area contributed by atoms with Gasteiger partial charge in [-0.15, -0.1) is 0 Å². The van der Waals surface area contributed by atoms with Crippen molar-refractivity contribution in [1.82, 2.24) is 10.0 Å². The number of ether oxygens (including phenoxy) is 2. The van der Waals surface area contributed by atoms with Crippen LogP contribution in [-0.4, -0.2) is 46.7 Å². The van der Waals surface area contributed by atoms with Gasteiger partial charge in [-0.05, 0) is 44.5 Å². The summed E-state index contributed by atoms with van der Waals surface area (Å²) in [5, 5.41) is 2.72. The summed E-state index contributed by atoms with van der Waals surface area (Å²) in [7, 11) is -1.98. The van der Waals surface area contributed by atoms with Crippen molar-refractivity contribution >= 4 is 15.9 Å². The summed E-state index contributed by atoms with van der Waals surface area (Å²) in [6.45, 7) is 5.80. The predicted molar refractivity (Wildman–Crippen MR) is 91.5 cm³/mol. The van der Waals surface area contributed by atoms with E-state index >= 15 is 0 Å². The van der Waals surface area contributed by atoms with Crippen molar-refractivity contribution in [2.45, 2.75) is 44.2 Å². The van der Waals surface area contributed by atoms with E-state index in [0.717, 1.165) is 0 Å². The van der Waals surface area contributed by atoms with Crippen molar-refractivity contribution in [3.8, 4) is 5.75 Å². The Kier molecular flexibility index (Phi) is 8.17. The van der Waals surface area contributed by atoms with Gasteiger partial charge in [0.1, 0.15) is 5.75 Å². The van der Waals surface area contributed by atoms with Gasteiger partial charge in [-0.3, -0.25) is 4.79 Å². The number of benzene rings is 1. The maximum atomic E-state index is 12.1. The van der Waals surface area contributed by atoms with E-state index in [1.165, 1.54) is 24.3 Å². The van der Waals surface area contributed by atoms with Crippen molar-refractivity contribution < 1.29 is 22.7 Å². The highest BCUT2D eigenvalue weighted by Gasteiger charge is 2.16. The van der Waals surface area contributed by atoms with E-state index in [-0.39, 0.29) is 29.5 Å². The zero-order chi connectivity index (χ0) is 18.2. The fourth-order valence-corrected chi connectivity index (χ4v) is 3.22. The highest BCUT2D eigenvalue weighted by Crippen LogP contribution is 2.16. The average Bonchev–Trinajstić information content (AvgIpc) is 2.53. The number of amides is 1. The SMILES string of the molecule is CC[C@@H](C)NS(=O)(=O)c1ccc(OCC(=O)N[C@@H](C)COC)cc1. The smallest absolute Gasteiger partial charge is 0.258 e. The van der Waals surface area contributed by atoms with Gasteiger partial charge in [0.05, 0.1) is 11.5 Å². The van der Waals surface area contributed by atoms with Gasteiger partial charge in [0.2, 0.25) is 10.0 Å². The molecule has 0 unspecified atom stereocenters. The molecule has 1 aromatic rings. The van der Waals surface area contributed by atoms with Crippen LogP contribution in [0.1, 0.15) is 27.2 Å². The Hall–Kier alpha value is -1.64. The van der Waals surface area contributed by atoms with E-state index in [1.54, 1.807) is 14.0 Å². The molecule has 2 atom stereocenters. The van der Waals surface area contributed by atoms with Crippen LogP contribution in [0.3, 0.4) is 0 Å². The van der Waals surface area contributed by atoms with Gasteiger partial charge in [0.15, 0.2) is 6.61 Å². The topological polar surface area (TPSA) is 93.7 Å². The van der Waals surface area contributed by atoms with E-state index in [2.05, 4.69) is 10.0 Å². The molecule has 0 spiro atoms. The molecule has 1 amide bonds. The molecule has 0 bridgehead atoms. The standard InChI is InChI=1S/C16H26N2O5S/c1-5-12(2)18-24(20,21)15-8-6-14(7-9-15)23-11-16(19)17-13(3)10-22-4/h6-9,12-13,18H,5,10-11H2,1-4H3,(H,17,19)/t12-,13+/m1/s1. The number of sulfonamides is 1. The Balaban J connectivity index is 2.57. The largest absolute Gasteiger partial charge is 0.484 e. The Bertz CT molecular complexity index is 616. The number of carbonyl (C=O) groups excluding carboxylic acids is 1. The van der Waals surface area contributed by atoms with Crippen molar-refractivity contribution in [1.29, 1.82) is 0 Å². The third-order valence-electron chi connectivity index (χ3n) is 3.30. The molecule has 0 aliphatic carbocycles. The minimum absolute atomic E-state index is 0.106. The van der Waals surface area contributed by atoms with Crippen LogP contribution in [0.2, 0.25) is 0 Å². The van der Waals surface area contributed by atoms with Crippen LogP contribution >= 0.6 is 0 Å². The first kappa shape index (κ1) is 20.4. The van der Waals surface area contributed by atoms with Crippen molar-refractivity contribution in [3.05, 3.63) is 24.3 Å². The Labute approximate surface area is 143 Å². The lowest BCUT2D eigenvalue weighted by Gasteiger charge is -2.14. The van der Waals surface area contributed by atoms with E-state index < -0.39 is 10.0 Å². The van der Waals surface area contributed by atoms with Gasteiger partial charge < -0.3 is 14.8 Å². The molecule has 0 saturated heterocycles. The summed E-state index contributed by atoms with van der Waals surface area (Å²) in [5.41, 5.74) is 0. The molecule has 1 rings (SSSR count). The Morgan fingerprint density at radius 1 is 1.17 bits per heavy atom. The quantitative estimate of drug-likeness (QED) is 0.657. The van der Waals surface area contributed by atoms with Gasteiger partial charge in [0, 0.05) is 19.2 Å². The van der Waals surface area contributed by atoms with Crippen LogP contribution in [0, 0.1) is 0 Å². The molecule has 2 N–H and O–H groups in total. The van der Waals surface area contributed by atoms with Crippen LogP contribution in [-0.2, 0) is 19.6 Å². The molecule has 7 nitrogen and oxygen atoms in total. The van der Waals surface area contributed by atoms with E-state index in [9.17, 15) is 13.2 Å². The maximum Gasteiger partial charge on any atom is 0.258 e. The molecule has 0 fully saturated rings. The molecule has 0 radical (unpaired) electrons. The fourth-order valence-electron chi connectivity index (χ4n) is 1.89. The van der Waals surface area contributed by atoms with Crippen LogP contribution in [0.5, 0.6) is 5.75 Å². The first-order valence-electron chi connectivity index (χ1n) is 7.82. The van der Waals surface area contributed by atoms with Gasteiger partial charge >= 0.3 is 0 Å². The number of nitrogens with one attached hydrogen (secondary N) is 2. The number of carbonyl (C=O) groups is 1. The van der Waals surface area contributed by atoms with Crippen LogP contribution in [0.15, 0.2) is 29.2 Å². The third kappa shape index (κ3) is 6.86. The third-order valence-corrected chi connectivity index (χ3v) is 4.90. The summed E-state index contributed by atoms with van der Waals surface area (Å²) in [4.78, 5) is 11.8. The molecular formula is C16H26N2O5S. The summed E-state index contributed by atoms with van der Waals surface area (Å²) in [6.07, 6.45) is 0.705. The average molecular weight is 358 g/mol. The first-order valence-corrected chi connectivity index (χ1v) is 9.30. The normalized spacial score (nSPS) is 14.0. The van der Waals surface area contributed by atoms with E-state index in [4.69, 9.17) is 9.47 Å². The second kappa shape index (κ2) is 9.61. The molecule has 1 aromatic carbocycles. The zero-order valence-corrected chi connectivity index (χ0v) is 15.4. The second-order valence-electron chi connectivity index (χ2n) is 5.61. The summed E-state index contributed by atoms with van der Waals surface area (Å²) in [5.74, 6) is 0.154. The van der Waals surface area contributed by atoms with Crippen LogP contribution in [0.25, 0.3) is 0 Å². The molecule has 0 aromatic heterocycles. The first-order chi connectivity index (χ1) is 11.3. The highest BCUT2D eigenvalue weighted by atomic mass is 32.2. The molecular weight excluding hydrogens is 332 g/mol. The van der Waals surface area contributed by atoms with Gasteiger partial charge in [0.25, 0.3) is 5.91 Å². The van der Waals surface area contributed by atoms with Gasteiger partial charge in [-0.2, -0.15) is 0 Å². The lowest BCUT2D eigenvalue weighted by Crippen LogP contribution is -2.38. The summed E-state index contributed by atoms with van der Waals surface area (Å²) in [6, 6.07) is 5.71. The minimum Gasteiger partial charge on any atom is -0.484 e. The van der Waals surface area contributed by atoms with E-state index in [1.807, 2.05) is 13.8 Å². The number of methoxy groups -OCH3 is 1. The van der Waals surface area contributed by atoms with Crippen LogP contribution < -0.4 is 14.8 Å². The fraction of sp³-hybridized carbons (Fsp3) is 0.562. The Morgan fingerprint density at radius 3 is 2.33 bits per heavy atom. The predicted octanol–water partition coefficient (Wildman–Crippen LogP) is 1.29. The van der Waals surface area contributed by atoms with Crippen molar-refractivity contribution in [2.75, 3.05) is 20.3 Å². The zero-order valence-electron chi connectivity index (χ0n) is 14.5. The monoisotopic (exact) mass is 358 g/mol. The van der Waals surface area contributed by atoms with Crippen molar-refractivity contribution in [2.24, 2.45) is 0 Å². The highest BCUT2D eigenvalue weighted by molar-refractivity contribution is 7.89. The van der Waals surface area contributed by atoms with Gasteiger partial charge in [-0.1, -0.05) is 6.92 Å². The minimum atomic E-state index is -3.54. The molecule has 0 aliphatic rings. The lowest BCUT2D eigenvalue weighted by molar-refractivity contribution is -0.124. The Morgan fingerprint density at radius 2 is 1.79 bits per heavy atom. The summed E-state index contributed by atoms with van der Waals surface area (Å²) >= 11 is 0. The number of rotatable bonds is 10. The maximum absolute atomic E-state index is 12.1. The summed E-state index contributed by atoms with van der Waals surface area (Å²) < 4.78 is 37.1. The van der Waals surface area contributed by atoms with Crippen molar-refractivity contribution in [3.63, 3.8) is 0 Å². The molecule has 0 aliphatic heterocycles. The molecule has 8 heteroatoms. The molecule has 136 valence electrons. The molecule has 24 heavy (non-hydrogen) atoms. The molecule has 0 heterocycles. The second-order valence-corrected chi connectivity index (χ2v) is 7.33. The molecule has 0 saturated carbocycles. The number of hydrogen-bond donors (Lipinski definition) is 2. The van der Waals surface area contributed by atoms with E-state index in [0.29, 0.717) is 18.8 Å². The lowest BCUT2D eigenvalue weighted by atomic mass is 10.3. The number of hydrogen-bond acceptors (Lipinski definition) is 5. The van der Waals surface area contributed by atoms with Gasteiger partial charge in [-0.25, -0.2) is 13.1 Å². The van der Waals surface area contributed by atoms with Crippen LogP contribution in [0.4, 0.5) is 0 Å².